The van der Waals surface area contributed by atoms with Gasteiger partial charge in [0, 0.05) is 22.9 Å². The molecule has 0 fully saturated rings. The average Bonchev–Trinajstić information content (AvgIpc) is 3.24. The molecule has 3 rings (SSSR count). The van der Waals surface area contributed by atoms with Crippen molar-refractivity contribution in [2.75, 3.05) is 26.6 Å². The van der Waals surface area contributed by atoms with E-state index >= 15 is 0 Å². The third-order valence-corrected chi connectivity index (χ3v) is 6.38. The summed E-state index contributed by atoms with van der Waals surface area (Å²) >= 11 is 3.09. The minimum absolute atomic E-state index is 0.169. The summed E-state index contributed by atoms with van der Waals surface area (Å²) < 4.78 is 16.1. The first kappa shape index (κ1) is 22.6. The molecule has 162 valence electrons. The van der Waals surface area contributed by atoms with Crippen LogP contribution in [0.4, 0.5) is 5.69 Å². The van der Waals surface area contributed by atoms with E-state index < -0.39 is 5.97 Å². The maximum Gasteiger partial charge on any atom is 0.337 e. The molecule has 2 aromatic carbocycles. The highest BCUT2D eigenvalue weighted by atomic mass is 32.2. The summed E-state index contributed by atoms with van der Waals surface area (Å²) in [7, 11) is 4.57. The zero-order valence-electron chi connectivity index (χ0n) is 17.3. The molecule has 0 saturated heterocycles. The predicted octanol–water partition coefficient (Wildman–Crippen LogP) is 4.42. The standard InChI is InChI=1S/C22H22N2O5S2/c1-27-18-8-14(9-19(11-18)28-2)12-30-22-24-17(13-31-22)10-20(25)23-16-6-4-15(5-7-16)21(26)29-3/h4-9,11,13H,10,12H2,1-3H3,(H,23,25). The van der Waals surface area contributed by atoms with E-state index in [1.165, 1.54) is 18.4 Å². The van der Waals surface area contributed by atoms with Crippen molar-refractivity contribution in [3.8, 4) is 11.5 Å². The molecule has 0 bridgehead atoms. The Hall–Kier alpha value is -3.04. The van der Waals surface area contributed by atoms with E-state index in [-0.39, 0.29) is 12.3 Å². The zero-order chi connectivity index (χ0) is 22.2. The first-order valence-corrected chi connectivity index (χ1v) is 11.1. The van der Waals surface area contributed by atoms with Gasteiger partial charge in [0.2, 0.25) is 5.91 Å². The van der Waals surface area contributed by atoms with E-state index in [4.69, 9.17) is 9.47 Å². The minimum Gasteiger partial charge on any atom is -0.497 e. The second-order valence-electron chi connectivity index (χ2n) is 6.41. The van der Waals surface area contributed by atoms with Gasteiger partial charge in [-0.3, -0.25) is 4.79 Å². The number of rotatable bonds is 9. The summed E-state index contributed by atoms with van der Waals surface area (Å²) in [4.78, 5) is 28.3. The van der Waals surface area contributed by atoms with E-state index in [2.05, 4.69) is 15.0 Å². The van der Waals surface area contributed by atoms with Crippen molar-refractivity contribution in [3.63, 3.8) is 0 Å². The molecule has 9 heteroatoms. The number of hydrogen-bond donors (Lipinski definition) is 1. The Bertz CT molecular complexity index is 1030. The molecule has 0 unspecified atom stereocenters. The van der Waals surface area contributed by atoms with Crippen LogP contribution < -0.4 is 14.8 Å². The highest BCUT2D eigenvalue weighted by Crippen LogP contribution is 2.30. The van der Waals surface area contributed by atoms with Crippen LogP contribution in [0, 0.1) is 0 Å². The summed E-state index contributed by atoms with van der Waals surface area (Å²) in [6.07, 6.45) is 0.169. The number of aromatic nitrogens is 1. The molecule has 1 heterocycles. The molecule has 0 aliphatic carbocycles. The molecule has 1 amide bonds. The third kappa shape index (κ3) is 6.47. The number of thiazole rings is 1. The zero-order valence-corrected chi connectivity index (χ0v) is 19.0. The van der Waals surface area contributed by atoms with Crippen LogP contribution in [0.5, 0.6) is 11.5 Å². The van der Waals surface area contributed by atoms with Gasteiger partial charge in [-0.05, 0) is 42.0 Å². The molecule has 0 atom stereocenters. The van der Waals surface area contributed by atoms with Crippen LogP contribution in [0.15, 0.2) is 52.2 Å². The van der Waals surface area contributed by atoms with Crippen molar-refractivity contribution < 1.29 is 23.8 Å². The van der Waals surface area contributed by atoms with Crippen LogP contribution in [0.1, 0.15) is 21.6 Å². The maximum atomic E-state index is 12.3. The lowest BCUT2D eigenvalue weighted by molar-refractivity contribution is -0.115. The van der Waals surface area contributed by atoms with Gasteiger partial charge in [0.15, 0.2) is 0 Å². The smallest absolute Gasteiger partial charge is 0.337 e. The number of amides is 1. The Kier molecular flexibility index (Phi) is 7.91. The van der Waals surface area contributed by atoms with Crippen molar-refractivity contribution in [1.82, 2.24) is 4.98 Å². The number of carbonyl (C=O) groups excluding carboxylic acids is 2. The molecule has 1 aromatic heterocycles. The highest BCUT2D eigenvalue weighted by Gasteiger charge is 2.11. The van der Waals surface area contributed by atoms with Crippen LogP contribution >= 0.6 is 23.1 Å². The lowest BCUT2D eigenvalue weighted by Gasteiger charge is -2.07. The molecular weight excluding hydrogens is 436 g/mol. The first-order valence-electron chi connectivity index (χ1n) is 9.28. The molecule has 1 N–H and O–H groups in total. The van der Waals surface area contributed by atoms with Gasteiger partial charge in [-0.25, -0.2) is 9.78 Å². The number of ether oxygens (including phenoxy) is 3. The van der Waals surface area contributed by atoms with Crippen LogP contribution in [-0.2, 0) is 21.7 Å². The second-order valence-corrected chi connectivity index (χ2v) is 8.49. The van der Waals surface area contributed by atoms with Crippen LogP contribution in [0.25, 0.3) is 0 Å². The molecular formula is C22H22N2O5S2. The van der Waals surface area contributed by atoms with Crippen molar-refractivity contribution in [1.29, 1.82) is 0 Å². The van der Waals surface area contributed by atoms with Gasteiger partial charge in [0.05, 0.1) is 39.0 Å². The van der Waals surface area contributed by atoms with Gasteiger partial charge < -0.3 is 19.5 Å². The number of carbonyl (C=O) groups is 2. The fourth-order valence-corrected chi connectivity index (χ4v) is 4.48. The van der Waals surface area contributed by atoms with Gasteiger partial charge in [-0.1, -0.05) is 11.8 Å². The molecule has 0 aliphatic rings. The quantitative estimate of drug-likeness (QED) is 0.375. The molecule has 0 spiro atoms. The fourth-order valence-electron chi connectivity index (χ4n) is 2.71. The van der Waals surface area contributed by atoms with E-state index in [1.54, 1.807) is 50.2 Å². The van der Waals surface area contributed by atoms with Gasteiger partial charge in [0.1, 0.15) is 15.8 Å². The van der Waals surface area contributed by atoms with E-state index in [0.717, 1.165) is 21.4 Å². The van der Waals surface area contributed by atoms with E-state index in [9.17, 15) is 9.59 Å². The Morgan fingerprint density at radius 3 is 2.32 bits per heavy atom. The van der Waals surface area contributed by atoms with Gasteiger partial charge in [-0.15, -0.1) is 11.3 Å². The highest BCUT2D eigenvalue weighted by molar-refractivity contribution is 8.00. The van der Waals surface area contributed by atoms with E-state index in [1.807, 2.05) is 23.6 Å². The number of methoxy groups -OCH3 is 3. The summed E-state index contributed by atoms with van der Waals surface area (Å²) in [6, 6.07) is 12.3. The first-order chi connectivity index (χ1) is 15.0. The normalized spacial score (nSPS) is 10.4. The lowest BCUT2D eigenvalue weighted by atomic mass is 10.2. The molecule has 0 aliphatic heterocycles. The number of thioether (sulfide) groups is 1. The average molecular weight is 459 g/mol. The third-order valence-electron chi connectivity index (χ3n) is 4.24. The lowest BCUT2D eigenvalue weighted by Crippen LogP contribution is -2.14. The number of nitrogens with zero attached hydrogens (tertiary/aromatic N) is 1. The molecule has 31 heavy (non-hydrogen) atoms. The molecule has 7 nitrogen and oxygen atoms in total. The number of esters is 1. The largest absolute Gasteiger partial charge is 0.497 e. The number of nitrogens with one attached hydrogen (secondary N) is 1. The van der Waals surface area contributed by atoms with Gasteiger partial charge >= 0.3 is 5.97 Å². The number of benzene rings is 2. The topological polar surface area (TPSA) is 86.8 Å². The number of hydrogen-bond acceptors (Lipinski definition) is 8. The van der Waals surface area contributed by atoms with Gasteiger partial charge in [-0.2, -0.15) is 0 Å². The summed E-state index contributed by atoms with van der Waals surface area (Å²) in [5, 5.41) is 4.69. The van der Waals surface area contributed by atoms with Crippen LogP contribution in [-0.4, -0.2) is 38.2 Å². The Morgan fingerprint density at radius 1 is 1.03 bits per heavy atom. The van der Waals surface area contributed by atoms with Crippen LogP contribution in [0.2, 0.25) is 0 Å². The molecule has 0 saturated carbocycles. The Morgan fingerprint density at radius 2 is 1.71 bits per heavy atom. The van der Waals surface area contributed by atoms with E-state index in [0.29, 0.717) is 22.7 Å². The Balaban J connectivity index is 1.54. The summed E-state index contributed by atoms with van der Waals surface area (Å²) in [5.41, 5.74) is 2.80. The minimum atomic E-state index is -0.419. The summed E-state index contributed by atoms with van der Waals surface area (Å²) in [5.74, 6) is 1.60. The van der Waals surface area contributed by atoms with Crippen molar-refractivity contribution in [3.05, 3.63) is 64.7 Å². The van der Waals surface area contributed by atoms with Crippen molar-refractivity contribution in [2.24, 2.45) is 0 Å². The van der Waals surface area contributed by atoms with Crippen molar-refractivity contribution in [2.45, 2.75) is 16.5 Å². The van der Waals surface area contributed by atoms with Gasteiger partial charge in [0.25, 0.3) is 0 Å². The SMILES string of the molecule is COC(=O)c1ccc(NC(=O)Cc2csc(SCc3cc(OC)cc(OC)c3)n2)cc1. The summed E-state index contributed by atoms with van der Waals surface area (Å²) in [6.45, 7) is 0. The predicted molar refractivity (Wildman–Crippen MR) is 121 cm³/mol. The van der Waals surface area contributed by atoms with Crippen LogP contribution in [0.3, 0.4) is 0 Å². The second kappa shape index (κ2) is 10.8. The molecule has 3 aromatic rings. The monoisotopic (exact) mass is 458 g/mol. The number of anilines is 1. The maximum absolute atomic E-state index is 12.3. The Labute approximate surface area is 188 Å². The molecule has 0 radical (unpaired) electrons. The fraction of sp³-hybridized carbons (Fsp3) is 0.227. The van der Waals surface area contributed by atoms with Crippen molar-refractivity contribution >= 4 is 40.7 Å².